The normalized spacial score (nSPS) is 12.3. The highest BCUT2D eigenvalue weighted by Crippen LogP contribution is 2.33. The number of halogens is 4. The number of phenols is 1. The predicted molar refractivity (Wildman–Crippen MR) is 142 cm³/mol. The third kappa shape index (κ3) is 9.58. The summed E-state index contributed by atoms with van der Waals surface area (Å²) in [4.78, 5) is 19.4. The zero-order chi connectivity index (χ0) is 28.3. The van der Waals surface area contributed by atoms with Crippen LogP contribution >= 0.6 is 11.6 Å². The Morgan fingerprint density at radius 1 is 1.11 bits per heavy atom. The van der Waals surface area contributed by atoms with E-state index in [-0.39, 0.29) is 22.2 Å². The maximum absolute atomic E-state index is 13.2. The Morgan fingerprint density at radius 2 is 1.76 bits per heavy atom. The summed E-state index contributed by atoms with van der Waals surface area (Å²) < 4.78 is 49.9. The zero-order valence-electron chi connectivity index (χ0n) is 22.1. The Kier molecular flexibility index (Phi) is 12.5. The van der Waals surface area contributed by atoms with Crippen molar-refractivity contribution in [3.05, 3.63) is 57.6 Å². The lowest BCUT2D eigenvalue weighted by molar-refractivity contribution is -0.137. The molecule has 210 valence electrons. The Hall–Kier alpha value is -2.66. The molecule has 2 aromatic carbocycles. The number of aliphatic imine (C=N–C) groups is 1. The molecular weight excluding hydrogens is 523 g/mol. The number of carbonyl (C=O) groups is 1. The second kappa shape index (κ2) is 15.1. The Morgan fingerprint density at radius 3 is 2.34 bits per heavy atom. The summed E-state index contributed by atoms with van der Waals surface area (Å²) in [6.07, 6.45) is -2.54. The molecule has 0 radical (unpaired) electrons. The van der Waals surface area contributed by atoms with Gasteiger partial charge in [0.1, 0.15) is 11.6 Å². The van der Waals surface area contributed by atoms with Crippen molar-refractivity contribution < 1.29 is 32.5 Å². The van der Waals surface area contributed by atoms with E-state index in [0.29, 0.717) is 62.5 Å². The first kappa shape index (κ1) is 31.6. The van der Waals surface area contributed by atoms with E-state index in [1.165, 1.54) is 19.1 Å². The molecule has 0 saturated carbocycles. The van der Waals surface area contributed by atoms with Gasteiger partial charge in [0.2, 0.25) is 0 Å². The van der Waals surface area contributed by atoms with Crippen molar-refractivity contribution in [2.24, 2.45) is 4.99 Å². The van der Waals surface area contributed by atoms with Crippen molar-refractivity contribution in [3.8, 4) is 5.75 Å². The number of nitrogens with zero attached hydrogens (tertiary/aromatic N) is 2. The molecule has 0 bridgehead atoms. The van der Waals surface area contributed by atoms with Crippen molar-refractivity contribution >= 4 is 29.0 Å². The number of alkyl halides is 3. The topological polar surface area (TPSA) is 83.4 Å². The monoisotopic (exact) mass is 557 g/mol. The van der Waals surface area contributed by atoms with Crippen molar-refractivity contribution in [1.82, 2.24) is 10.2 Å². The first-order valence-electron chi connectivity index (χ1n) is 12.3. The molecule has 0 atom stereocenters. The van der Waals surface area contributed by atoms with E-state index in [9.17, 15) is 23.1 Å². The molecule has 0 aromatic heterocycles. The SMILES string of the molecule is CCCCc1cc(C(F)(F)F)ccc1N=C(C)NC(=O)c1cc(Cl)cc(CN(CCOC)CCOC)c1O. The van der Waals surface area contributed by atoms with Gasteiger partial charge in [0, 0.05) is 44.4 Å². The number of unbranched alkanes of at least 4 members (excludes halogenated alkanes) is 1. The molecule has 2 aromatic rings. The third-order valence-electron chi connectivity index (χ3n) is 5.80. The highest BCUT2D eigenvalue weighted by atomic mass is 35.5. The molecule has 7 nitrogen and oxygen atoms in total. The van der Waals surface area contributed by atoms with Crippen LogP contribution in [-0.2, 0) is 28.6 Å². The lowest BCUT2D eigenvalue weighted by Crippen LogP contribution is -2.31. The van der Waals surface area contributed by atoms with Crippen molar-refractivity contribution in [2.75, 3.05) is 40.5 Å². The van der Waals surface area contributed by atoms with Gasteiger partial charge in [0.15, 0.2) is 0 Å². The number of rotatable bonds is 13. The summed E-state index contributed by atoms with van der Waals surface area (Å²) in [5.41, 5.74) is 0.446. The van der Waals surface area contributed by atoms with Crippen LogP contribution in [-0.4, -0.2) is 62.3 Å². The number of carbonyl (C=O) groups excluding carboxylic acids is 1. The summed E-state index contributed by atoms with van der Waals surface area (Å²) >= 11 is 6.26. The highest BCUT2D eigenvalue weighted by Gasteiger charge is 2.31. The van der Waals surface area contributed by atoms with Crippen LogP contribution in [0.1, 0.15) is 53.7 Å². The second-order valence-corrected chi connectivity index (χ2v) is 9.26. The Balaban J connectivity index is 2.29. The number of hydrogen-bond donors (Lipinski definition) is 2. The molecule has 2 N–H and O–H groups in total. The van der Waals surface area contributed by atoms with Crippen LogP contribution in [0.4, 0.5) is 18.9 Å². The number of methoxy groups -OCH3 is 2. The van der Waals surface area contributed by atoms with E-state index in [0.717, 1.165) is 18.6 Å². The van der Waals surface area contributed by atoms with Gasteiger partial charge < -0.3 is 19.9 Å². The maximum Gasteiger partial charge on any atom is 0.416 e. The molecule has 2 rings (SSSR count). The van der Waals surface area contributed by atoms with Gasteiger partial charge in [-0.15, -0.1) is 0 Å². The van der Waals surface area contributed by atoms with Gasteiger partial charge in [0.05, 0.1) is 30.0 Å². The fraction of sp³-hybridized carbons (Fsp3) is 0.481. The quantitative estimate of drug-likeness (QED) is 0.234. The van der Waals surface area contributed by atoms with Crippen LogP contribution in [0.2, 0.25) is 5.02 Å². The van der Waals surface area contributed by atoms with E-state index < -0.39 is 17.6 Å². The average molecular weight is 558 g/mol. The summed E-state index contributed by atoms with van der Waals surface area (Å²) in [6, 6.07) is 6.30. The number of phenolic OH excluding ortho intramolecular Hbond substituents is 1. The number of aromatic hydroxyl groups is 1. The summed E-state index contributed by atoms with van der Waals surface area (Å²) in [7, 11) is 3.18. The minimum Gasteiger partial charge on any atom is -0.507 e. The highest BCUT2D eigenvalue weighted by molar-refractivity contribution is 6.31. The lowest BCUT2D eigenvalue weighted by Gasteiger charge is -2.23. The van der Waals surface area contributed by atoms with Crippen molar-refractivity contribution in [2.45, 2.75) is 45.8 Å². The molecule has 0 unspecified atom stereocenters. The molecule has 0 heterocycles. The van der Waals surface area contributed by atoms with E-state index >= 15 is 0 Å². The molecular formula is C27H35ClF3N3O4. The number of nitrogens with one attached hydrogen (secondary N) is 1. The van der Waals surface area contributed by atoms with Gasteiger partial charge in [-0.05, 0) is 55.7 Å². The van der Waals surface area contributed by atoms with E-state index in [1.54, 1.807) is 20.3 Å². The summed E-state index contributed by atoms with van der Waals surface area (Å²) in [6.45, 7) is 5.87. The first-order chi connectivity index (χ1) is 18.0. The maximum atomic E-state index is 13.2. The van der Waals surface area contributed by atoms with Gasteiger partial charge in [0.25, 0.3) is 5.91 Å². The van der Waals surface area contributed by atoms with Gasteiger partial charge in [-0.25, -0.2) is 4.99 Å². The Labute approximate surface area is 226 Å². The first-order valence-corrected chi connectivity index (χ1v) is 12.7. The lowest BCUT2D eigenvalue weighted by atomic mass is 10.0. The van der Waals surface area contributed by atoms with Gasteiger partial charge in [-0.2, -0.15) is 13.2 Å². The van der Waals surface area contributed by atoms with Crippen molar-refractivity contribution in [1.29, 1.82) is 0 Å². The molecule has 11 heteroatoms. The number of amides is 1. The standard InChI is InChI=1S/C27H35ClF3N3O4/c1-5-6-7-19-14-21(27(29,30)31)8-9-24(19)32-18(2)33-26(36)23-16-22(28)15-20(25(23)35)17-34(10-12-37-3)11-13-38-4/h8-9,14-16,35H,5-7,10-13,17H2,1-4H3,(H,32,33,36). The summed E-state index contributed by atoms with van der Waals surface area (Å²) in [5.74, 6) is -0.706. The van der Waals surface area contributed by atoms with Crippen LogP contribution in [0.5, 0.6) is 5.75 Å². The van der Waals surface area contributed by atoms with Crippen LogP contribution in [0, 0.1) is 0 Å². The minimum absolute atomic E-state index is 0.0425. The molecule has 0 fully saturated rings. The number of ether oxygens (including phenoxy) is 2. The fourth-order valence-electron chi connectivity index (χ4n) is 3.78. The molecule has 1 amide bonds. The van der Waals surface area contributed by atoms with Crippen LogP contribution < -0.4 is 5.32 Å². The molecule has 0 aliphatic carbocycles. The molecule has 0 aliphatic rings. The van der Waals surface area contributed by atoms with Gasteiger partial charge in [-0.3, -0.25) is 9.69 Å². The minimum atomic E-state index is -4.46. The van der Waals surface area contributed by atoms with E-state index in [4.69, 9.17) is 21.1 Å². The average Bonchev–Trinajstić information content (AvgIpc) is 2.85. The van der Waals surface area contributed by atoms with E-state index in [1.807, 2.05) is 11.8 Å². The second-order valence-electron chi connectivity index (χ2n) is 8.82. The number of hydrogen-bond acceptors (Lipinski definition) is 6. The number of amidine groups is 1. The Bertz CT molecular complexity index is 1100. The number of aryl methyl sites for hydroxylation is 1. The van der Waals surface area contributed by atoms with Gasteiger partial charge in [-0.1, -0.05) is 24.9 Å². The van der Waals surface area contributed by atoms with Crippen LogP contribution in [0.3, 0.4) is 0 Å². The van der Waals surface area contributed by atoms with E-state index in [2.05, 4.69) is 10.3 Å². The largest absolute Gasteiger partial charge is 0.507 e. The zero-order valence-corrected chi connectivity index (χ0v) is 22.9. The molecule has 0 saturated heterocycles. The van der Waals surface area contributed by atoms with Crippen LogP contribution in [0.25, 0.3) is 0 Å². The number of benzene rings is 2. The third-order valence-corrected chi connectivity index (χ3v) is 6.02. The van der Waals surface area contributed by atoms with Gasteiger partial charge >= 0.3 is 6.18 Å². The fourth-order valence-corrected chi connectivity index (χ4v) is 4.02. The smallest absolute Gasteiger partial charge is 0.416 e. The van der Waals surface area contributed by atoms with Crippen molar-refractivity contribution in [3.63, 3.8) is 0 Å². The predicted octanol–water partition coefficient (Wildman–Crippen LogP) is 5.98. The molecule has 38 heavy (non-hydrogen) atoms. The molecule has 0 spiro atoms. The summed E-state index contributed by atoms with van der Waals surface area (Å²) in [5, 5.41) is 13.7. The molecule has 0 aliphatic heterocycles. The van der Waals surface area contributed by atoms with Crippen LogP contribution in [0.15, 0.2) is 35.3 Å².